The first-order valence-electron chi connectivity index (χ1n) is 6.91. The number of nitrogens with one attached hydrogen (secondary N) is 1. The predicted octanol–water partition coefficient (Wildman–Crippen LogP) is 0.463. The van der Waals surface area contributed by atoms with E-state index in [9.17, 15) is 9.59 Å². The van der Waals surface area contributed by atoms with Crippen molar-refractivity contribution in [1.29, 1.82) is 0 Å². The van der Waals surface area contributed by atoms with E-state index in [-0.39, 0.29) is 11.8 Å². The number of aromatic nitrogens is 2. The molecule has 0 aromatic carbocycles. The zero-order valence-electron chi connectivity index (χ0n) is 11.9. The first-order chi connectivity index (χ1) is 10.1. The predicted molar refractivity (Wildman–Crippen MR) is 77.0 cm³/mol. The van der Waals surface area contributed by atoms with Gasteiger partial charge >= 0.3 is 0 Å². The Morgan fingerprint density at radius 2 is 2.19 bits per heavy atom. The first-order valence-corrected chi connectivity index (χ1v) is 7.28. The Hall–Kier alpha value is -1.60. The lowest BCUT2D eigenvalue weighted by atomic mass is 10.3. The number of carbonyl (C=O) groups excluding carboxylic acids is 2. The fourth-order valence-electron chi connectivity index (χ4n) is 2.06. The van der Waals surface area contributed by atoms with E-state index in [4.69, 9.17) is 16.3 Å². The van der Waals surface area contributed by atoms with Crippen molar-refractivity contribution < 1.29 is 14.3 Å². The van der Waals surface area contributed by atoms with E-state index >= 15 is 0 Å². The molecule has 7 nitrogen and oxygen atoms in total. The Balaban J connectivity index is 1.72. The van der Waals surface area contributed by atoms with Crippen LogP contribution in [-0.4, -0.2) is 59.3 Å². The molecule has 1 N–H and O–H groups in total. The molecule has 2 amide bonds. The molecule has 116 valence electrons. The average Bonchev–Trinajstić information content (AvgIpc) is 2.93. The van der Waals surface area contributed by atoms with E-state index in [2.05, 4.69) is 10.4 Å². The highest BCUT2D eigenvalue weighted by Crippen LogP contribution is 2.10. The van der Waals surface area contributed by atoms with Crippen LogP contribution in [0.25, 0.3) is 0 Å². The monoisotopic (exact) mass is 314 g/mol. The van der Waals surface area contributed by atoms with Gasteiger partial charge in [-0.25, -0.2) is 0 Å². The second-order valence-corrected chi connectivity index (χ2v) is 5.29. The smallest absolute Gasteiger partial charge is 0.244 e. The lowest BCUT2D eigenvalue weighted by Gasteiger charge is -2.26. The third-order valence-electron chi connectivity index (χ3n) is 3.35. The SMILES string of the molecule is CC(C(=O)NCCC(=O)N1CCOCC1)n1cc(Cl)cn1. The van der Waals surface area contributed by atoms with Crippen LogP contribution in [0.1, 0.15) is 19.4 Å². The highest BCUT2D eigenvalue weighted by atomic mass is 35.5. The summed E-state index contributed by atoms with van der Waals surface area (Å²) in [6.45, 7) is 4.44. The van der Waals surface area contributed by atoms with E-state index in [0.29, 0.717) is 44.3 Å². The van der Waals surface area contributed by atoms with Crippen molar-refractivity contribution in [2.24, 2.45) is 0 Å². The summed E-state index contributed by atoms with van der Waals surface area (Å²) < 4.78 is 6.68. The second kappa shape index (κ2) is 7.42. The normalized spacial score (nSPS) is 16.6. The first kappa shape index (κ1) is 15.8. The molecule has 1 fully saturated rings. The minimum atomic E-state index is -0.462. The molecule has 1 saturated heterocycles. The van der Waals surface area contributed by atoms with E-state index in [1.807, 2.05) is 0 Å². The number of halogens is 1. The maximum atomic E-state index is 12.0. The topological polar surface area (TPSA) is 76.5 Å². The molecule has 0 saturated carbocycles. The molecule has 0 radical (unpaired) electrons. The number of rotatable bonds is 5. The van der Waals surface area contributed by atoms with Gasteiger partial charge in [0.05, 0.1) is 24.4 Å². The van der Waals surface area contributed by atoms with Gasteiger partial charge in [-0.1, -0.05) is 11.6 Å². The van der Waals surface area contributed by atoms with Crippen LogP contribution < -0.4 is 5.32 Å². The summed E-state index contributed by atoms with van der Waals surface area (Å²) in [7, 11) is 0. The van der Waals surface area contributed by atoms with Gasteiger partial charge in [-0.3, -0.25) is 14.3 Å². The van der Waals surface area contributed by atoms with Crippen LogP contribution in [0.4, 0.5) is 0 Å². The minimum absolute atomic E-state index is 0.0355. The summed E-state index contributed by atoms with van der Waals surface area (Å²) in [6.07, 6.45) is 3.36. The zero-order valence-corrected chi connectivity index (χ0v) is 12.7. The summed E-state index contributed by atoms with van der Waals surface area (Å²) in [6, 6.07) is -0.462. The van der Waals surface area contributed by atoms with Crippen LogP contribution in [0.5, 0.6) is 0 Å². The van der Waals surface area contributed by atoms with Gasteiger partial charge in [0.2, 0.25) is 11.8 Å². The van der Waals surface area contributed by atoms with E-state index in [1.54, 1.807) is 18.0 Å². The molecule has 8 heteroatoms. The second-order valence-electron chi connectivity index (χ2n) is 4.85. The number of ether oxygens (including phenoxy) is 1. The summed E-state index contributed by atoms with van der Waals surface area (Å²) >= 11 is 5.77. The average molecular weight is 315 g/mol. The molecule has 2 rings (SSSR count). The Bertz CT molecular complexity index is 499. The van der Waals surface area contributed by atoms with Crippen molar-refractivity contribution in [3.8, 4) is 0 Å². The highest BCUT2D eigenvalue weighted by molar-refractivity contribution is 6.30. The number of amides is 2. The van der Waals surface area contributed by atoms with Gasteiger partial charge < -0.3 is 15.0 Å². The third kappa shape index (κ3) is 4.44. The fourth-order valence-corrected chi connectivity index (χ4v) is 2.20. The Morgan fingerprint density at radius 1 is 1.48 bits per heavy atom. The van der Waals surface area contributed by atoms with Crippen molar-refractivity contribution in [1.82, 2.24) is 20.0 Å². The van der Waals surface area contributed by atoms with Gasteiger partial charge in [-0.15, -0.1) is 0 Å². The lowest BCUT2D eigenvalue weighted by molar-refractivity contribution is -0.135. The molecule has 2 heterocycles. The highest BCUT2D eigenvalue weighted by Gasteiger charge is 2.18. The summed E-state index contributed by atoms with van der Waals surface area (Å²) in [5.74, 6) is -0.155. The number of carbonyl (C=O) groups is 2. The van der Waals surface area contributed by atoms with E-state index in [0.717, 1.165) is 0 Å². The molecular formula is C13H19ClN4O3. The summed E-state index contributed by atoms with van der Waals surface area (Å²) in [5, 5.41) is 7.21. The van der Waals surface area contributed by atoms with Crippen LogP contribution in [0.2, 0.25) is 5.02 Å². The molecule has 0 spiro atoms. The molecule has 1 unspecified atom stereocenters. The fraction of sp³-hybridized carbons (Fsp3) is 0.615. The Labute approximate surface area is 128 Å². The van der Waals surface area contributed by atoms with Crippen molar-refractivity contribution >= 4 is 23.4 Å². The Morgan fingerprint density at radius 3 is 2.81 bits per heavy atom. The summed E-state index contributed by atoms with van der Waals surface area (Å²) in [4.78, 5) is 25.6. The van der Waals surface area contributed by atoms with E-state index in [1.165, 1.54) is 10.9 Å². The molecule has 1 aliphatic rings. The van der Waals surface area contributed by atoms with Gasteiger partial charge in [0.1, 0.15) is 6.04 Å². The van der Waals surface area contributed by atoms with Crippen LogP contribution in [0.3, 0.4) is 0 Å². The van der Waals surface area contributed by atoms with Gasteiger partial charge in [-0.2, -0.15) is 5.10 Å². The van der Waals surface area contributed by atoms with E-state index < -0.39 is 6.04 Å². The van der Waals surface area contributed by atoms with Crippen LogP contribution >= 0.6 is 11.6 Å². The quantitative estimate of drug-likeness (QED) is 0.857. The number of hydrogen-bond donors (Lipinski definition) is 1. The number of hydrogen-bond acceptors (Lipinski definition) is 4. The molecule has 0 aliphatic carbocycles. The number of morpholine rings is 1. The van der Waals surface area contributed by atoms with Gasteiger partial charge in [0.15, 0.2) is 0 Å². The maximum absolute atomic E-state index is 12.0. The lowest BCUT2D eigenvalue weighted by Crippen LogP contribution is -2.42. The molecule has 1 aliphatic heterocycles. The zero-order chi connectivity index (χ0) is 15.2. The largest absolute Gasteiger partial charge is 0.378 e. The van der Waals surface area contributed by atoms with Crippen LogP contribution in [0, 0.1) is 0 Å². The third-order valence-corrected chi connectivity index (χ3v) is 3.54. The standard InChI is InChI=1S/C13H19ClN4O3/c1-10(18-9-11(14)8-16-18)13(20)15-3-2-12(19)17-4-6-21-7-5-17/h8-10H,2-7H2,1H3,(H,15,20). The Kier molecular flexibility index (Phi) is 5.58. The molecule has 1 atom stereocenters. The minimum Gasteiger partial charge on any atom is -0.378 e. The summed E-state index contributed by atoms with van der Waals surface area (Å²) in [5.41, 5.74) is 0. The molecule has 1 aromatic heterocycles. The van der Waals surface area contributed by atoms with Crippen molar-refractivity contribution in [2.45, 2.75) is 19.4 Å². The van der Waals surface area contributed by atoms with Crippen LogP contribution in [-0.2, 0) is 14.3 Å². The van der Waals surface area contributed by atoms with Crippen molar-refractivity contribution in [3.63, 3.8) is 0 Å². The molecule has 1 aromatic rings. The van der Waals surface area contributed by atoms with Gasteiger partial charge in [0.25, 0.3) is 0 Å². The van der Waals surface area contributed by atoms with Crippen molar-refractivity contribution in [3.05, 3.63) is 17.4 Å². The van der Waals surface area contributed by atoms with Gasteiger partial charge in [-0.05, 0) is 6.92 Å². The molecular weight excluding hydrogens is 296 g/mol. The molecule has 0 bridgehead atoms. The number of nitrogens with zero attached hydrogens (tertiary/aromatic N) is 3. The van der Waals surface area contributed by atoms with Crippen LogP contribution in [0.15, 0.2) is 12.4 Å². The van der Waals surface area contributed by atoms with Crippen molar-refractivity contribution in [2.75, 3.05) is 32.8 Å². The van der Waals surface area contributed by atoms with Gasteiger partial charge in [0, 0.05) is 32.3 Å². The molecule has 21 heavy (non-hydrogen) atoms. The maximum Gasteiger partial charge on any atom is 0.244 e.